The van der Waals surface area contributed by atoms with Crippen molar-refractivity contribution in [1.82, 2.24) is 29.1 Å². The largest absolute Gasteiger partial charge is 0.508 e. The number of rotatable bonds is 4. The lowest BCUT2D eigenvalue weighted by molar-refractivity contribution is 0.424. The van der Waals surface area contributed by atoms with Gasteiger partial charge in [-0.15, -0.1) is 0 Å². The molecule has 0 atom stereocenters. The molecule has 8 aromatic carbocycles. The Morgan fingerprint density at radius 3 is 1.53 bits per heavy atom. The van der Waals surface area contributed by atoms with E-state index in [1.807, 2.05) is 79.3 Å². The fraction of sp³-hybridized carbons (Fsp3) is 0. The Hall–Kier alpha value is -8.54. The third-order valence-corrected chi connectivity index (χ3v) is 13.3. The van der Waals surface area contributed by atoms with Gasteiger partial charge in [0.25, 0.3) is 0 Å². The predicted octanol–water partition coefficient (Wildman–Crippen LogP) is 13.6. The van der Waals surface area contributed by atoms with Gasteiger partial charge in [-0.1, -0.05) is 143 Å². The van der Waals surface area contributed by atoms with Crippen LogP contribution in [0.15, 0.2) is 235 Å². The molecule has 0 saturated heterocycles. The first kappa shape index (κ1) is 42.8. The van der Waals surface area contributed by atoms with Crippen LogP contribution in [0.4, 0.5) is 0 Å². The van der Waals surface area contributed by atoms with Crippen molar-refractivity contribution in [3.05, 3.63) is 235 Å². The van der Waals surface area contributed by atoms with E-state index in [4.69, 9.17) is 15.0 Å². The molecule has 0 spiro atoms. The van der Waals surface area contributed by atoms with Crippen LogP contribution in [0, 0.1) is 0 Å². The number of para-hydroxylation sites is 1. The minimum Gasteiger partial charge on any atom is -0.422 e. The van der Waals surface area contributed by atoms with Crippen LogP contribution in [0.1, 0.15) is 0 Å². The Morgan fingerprint density at radius 1 is 0.400 bits per heavy atom. The van der Waals surface area contributed by atoms with Gasteiger partial charge in [-0.2, -0.15) is 0 Å². The summed E-state index contributed by atoms with van der Waals surface area (Å²) in [6.07, 6.45) is 5.65. The van der Waals surface area contributed by atoms with Crippen molar-refractivity contribution < 1.29 is 10.0 Å². The number of aromatic nitrogens is 6. The molecule has 332 valence electrons. The molecule has 0 aliphatic carbocycles. The van der Waals surface area contributed by atoms with Gasteiger partial charge in [0.15, 0.2) is 0 Å². The second-order valence-electron chi connectivity index (χ2n) is 17.0. The van der Waals surface area contributed by atoms with Crippen LogP contribution in [0.2, 0.25) is 0 Å². The molecule has 8 nitrogen and oxygen atoms in total. The van der Waals surface area contributed by atoms with E-state index in [0.717, 1.165) is 54.7 Å². The summed E-state index contributed by atoms with van der Waals surface area (Å²) in [5.74, 6) is 1.86. The smallest absolute Gasteiger partial charge is 0.422 e. The highest BCUT2D eigenvalue weighted by Gasteiger charge is 2.18. The third-order valence-electron chi connectivity index (χ3n) is 12.8. The number of halogens is 1. The summed E-state index contributed by atoms with van der Waals surface area (Å²) in [5, 5.41) is 31.1. The number of benzene rings is 8. The topological polar surface area (TPSA) is 102 Å². The molecule has 6 aromatic heterocycles. The molecule has 0 radical (unpaired) electrons. The number of fused-ring (bicyclic) bond motifs is 12. The number of hydrogen-bond donors (Lipinski definition) is 2. The Labute approximate surface area is 410 Å². The minimum atomic E-state index is -1.50. The Kier molecular flexibility index (Phi) is 11.1. The molecule has 0 aliphatic heterocycles. The quantitative estimate of drug-likeness (QED) is 0.170. The Morgan fingerprint density at radius 2 is 0.914 bits per heavy atom. The average Bonchev–Trinajstić information content (AvgIpc) is 3.94. The average molecular weight is 968 g/mol. The zero-order valence-corrected chi connectivity index (χ0v) is 39.1. The molecular formula is C60H40BBrN6O2. The molecular weight excluding hydrogens is 927 g/mol. The molecule has 0 amide bonds. The molecule has 14 rings (SSSR count). The summed E-state index contributed by atoms with van der Waals surface area (Å²) in [6.45, 7) is 0. The van der Waals surface area contributed by atoms with E-state index >= 15 is 0 Å². The lowest BCUT2D eigenvalue weighted by Crippen LogP contribution is -2.32. The van der Waals surface area contributed by atoms with Gasteiger partial charge < -0.3 is 10.0 Å². The van der Waals surface area contributed by atoms with Gasteiger partial charge in [0.05, 0.1) is 38.9 Å². The van der Waals surface area contributed by atoms with Crippen molar-refractivity contribution in [2.75, 3.05) is 0 Å². The third kappa shape index (κ3) is 7.80. The van der Waals surface area contributed by atoms with Gasteiger partial charge in [0, 0.05) is 60.9 Å². The van der Waals surface area contributed by atoms with Crippen LogP contribution < -0.4 is 5.59 Å². The second-order valence-corrected chi connectivity index (χ2v) is 17.9. The van der Waals surface area contributed by atoms with Gasteiger partial charge in [-0.3, -0.25) is 19.1 Å². The lowest BCUT2D eigenvalue weighted by Gasteiger charge is -2.07. The molecule has 6 heterocycles. The first-order valence-corrected chi connectivity index (χ1v) is 23.7. The minimum absolute atomic E-state index is 0.277. The highest BCUT2D eigenvalue weighted by molar-refractivity contribution is 9.10. The summed E-state index contributed by atoms with van der Waals surface area (Å²) in [6, 6.07) is 72.6. The lowest BCUT2D eigenvalue weighted by atomic mass is 9.85. The van der Waals surface area contributed by atoms with Gasteiger partial charge in [-0.05, 0) is 112 Å². The van der Waals surface area contributed by atoms with Crippen molar-refractivity contribution in [3.63, 3.8) is 0 Å². The first-order chi connectivity index (χ1) is 34.5. The summed E-state index contributed by atoms with van der Waals surface area (Å²) in [7, 11) is -1.50. The highest BCUT2D eigenvalue weighted by atomic mass is 79.9. The van der Waals surface area contributed by atoms with Crippen molar-refractivity contribution >= 4 is 115 Å². The van der Waals surface area contributed by atoms with E-state index in [0.29, 0.717) is 0 Å². The van der Waals surface area contributed by atoms with Crippen LogP contribution in [0.3, 0.4) is 0 Å². The maximum absolute atomic E-state index is 8.88. The monoisotopic (exact) mass is 966 g/mol. The van der Waals surface area contributed by atoms with E-state index in [9.17, 15) is 0 Å². The molecule has 2 N–H and O–H groups in total. The van der Waals surface area contributed by atoms with Crippen LogP contribution in [-0.4, -0.2) is 46.2 Å². The van der Waals surface area contributed by atoms with Crippen LogP contribution in [0.5, 0.6) is 0 Å². The van der Waals surface area contributed by atoms with Crippen LogP contribution in [0.25, 0.3) is 110 Å². The molecule has 70 heavy (non-hydrogen) atoms. The van der Waals surface area contributed by atoms with Crippen molar-refractivity contribution in [2.45, 2.75) is 0 Å². The maximum atomic E-state index is 8.88. The van der Waals surface area contributed by atoms with Crippen molar-refractivity contribution in [2.24, 2.45) is 0 Å². The molecule has 0 fully saturated rings. The number of nitrogens with zero attached hydrogens (tertiary/aromatic N) is 6. The van der Waals surface area contributed by atoms with E-state index in [2.05, 4.69) is 186 Å². The molecule has 0 unspecified atom stereocenters. The fourth-order valence-corrected chi connectivity index (χ4v) is 10.0. The van der Waals surface area contributed by atoms with Gasteiger partial charge in [0.1, 0.15) is 11.6 Å². The van der Waals surface area contributed by atoms with E-state index < -0.39 is 7.12 Å². The van der Waals surface area contributed by atoms with Crippen LogP contribution in [-0.2, 0) is 0 Å². The van der Waals surface area contributed by atoms with Gasteiger partial charge in [0.2, 0.25) is 0 Å². The van der Waals surface area contributed by atoms with E-state index in [1.54, 1.807) is 6.07 Å². The molecule has 10 heteroatoms. The summed E-state index contributed by atoms with van der Waals surface area (Å²) in [5.41, 5.74) is 7.79. The summed E-state index contributed by atoms with van der Waals surface area (Å²) >= 11 is 3.62. The predicted molar refractivity (Wildman–Crippen MR) is 292 cm³/mol. The van der Waals surface area contributed by atoms with Crippen molar-refractivity contribution in [1.29, 1.82) is 0 Å². The molecule has 0 saturated carbocycles. The molecule has 0 bridgehead atoms. The Bertz CT molecular complexity index is 4260. The summed E-state index contributed by atoms with van der Waals surface area (Å²) in [4.78, 5) is 18.1. The maximum Gasteiger partial charge on any atom is 0.508 e. The van der Waals surface area contributed by atoms with Gasteiger partial charge >= 0.3 is 7.12 Å². The normalized spacial score (nSPS) is 11.4. The Balaban J connectivity index is 0.000000119. The highest BCUT2D eigenvalue weighted by Crippen LogP contribution is 2.40. The van der Waals surface area contributed by atoms with E-state index in [-0.39, 0.29) is 5.59 Å². The molecule has 0 aliphatic rings. The van der Waals surface area contributed by atoms with Gasteiger partial charge in [-0.25, -0.2) is 9.97 Å². The SMILES string of the molecule is Brc1ccc2c(c1)c1c3ccccc3ccc1n2-c1ccccn1.OB(O)c1ccc2ccccc2n1.c1ccc(-n2c3ccc(-c4cc5ccccc5cn4)cc3c3c4ccccc4ccc32)nc1. The second kappa shape index (κ2) is 18.2. The number of hydrogen-bond acceptors (Lipinski definition) is 6. The summed E-state index contributed by atoms with van der Waals surface area (Å²) < 4.78 is 5.58. The fourth-order valence-electron chi connectivity index (χ4n) is 9.65. The molecule has 14 aromatic rings. The van der Waals surface area contributed by atoms with E-state index in [1.165, 1.54) is 59.5 Å². The number of pyridine rings is 4. The standard InChI is InChI=1S/C30H19N3.C21H13BrN2.C9H8BNO2/c1-2-9-23-19-32-26(18-21(23)8-1)22-13-14-27-25(17-22)30-24-10-4-3-7-20(24)12-15-28(30)33(27)29-11-5-6-16-31-29;22-15-9-11-18-17(13-15)21-16-6-2-1-5-14(16)8-10-19(21)24(18)20-7-3-4-12-23-20;12-10(13)9-6-5-7-3-1-2-4-8(7)11-9/h1-19H;1-13H;1-6,12-13H. The van der Waals surface area contributed by atoms with Crippen LogP contribution >= 0.6 is 15.9 Å². The zero-order chi connectivity index (χ0) is 47.1. The zero-order valence-electron chi connectivity index (χ0n) is 37.5. The van der Waals surface area contributed by atoms with Crippen molar-refractivity contribution in [3.8, 4) is 22.9 Å². The first-order valence-electron chi connectivity index (χ1n) is 22.9.